The van der Waals surface area contributed by atoms with Crippen molar-refractivity contribution in [1.29, 1.82) is 0 Å². The Morgan fingerprint density at radius 1 is 0.824 bits per heavy atom. The Morgan fingerprint density at radius 3 is 1.65 bits per heavy atom. The van der Waals surface area contributed by atoms with E-state index in [9.17, 15) is 9.59 Å². The Labute approximate surface area is 101 Å². The van der Waals surface area contributed by atoms with Crippen molar-refractivity contribution in [2.24, 2.45) is 0 Å². The van der Waals surface area contributed by atoms with Gasteiger partial charge in [0, 0.05) is 11.1 Å². The van der Waals surface area contributed by atoms with Crippen LogP contribution in [0.5, 0.6) is 0 Å². The van der Waals surface area contributed by atoms with Crippen LogP contribution in [-0.4, -0.2) is 11.8 Å². The zero-order valence-corrected chi connectivity index (χ0v) is 10.5. The molecular weight excluding hydrogens is 214 g/mol. The highest BCUT2D eigenvalue weighted by molar-refractivity contribution is 6.32. The SMILES string of the molecule is CC1=C(C)C(=O)N(c2c(C)cccc2C)C1=O. The molecule has 0 bridgehead atoms. The van der Waals surface area contributed by atoms with Crippen LogP contribution in [0.2, 0.25) is 0 Å². The van der Waals surface area contributed by atoms with Crippen molar-refractivity contribution in [2.75, 3.05) is 4.90 Å². The van der Waals surface area contributed by atoms with Gasteiger partial charge in [-0.15, -0.1) is 0 Å². The molecule has 3 heteroatoms. The van der Waals surface area contributed by atoms with Crippen molar-refractivity contribution < 1.29 is 9.59 Å². The van der Waals surface area contributed by atoms with Gasteiger partial charge in [0.15, 0.2) is 0 Å². The van der Waals surface area contributed by atoms with Crippen LogP contribution in [0.4, 0.5) is 5.69 Å². The van der Waals surface area contributed by atoms with E-state index < -0.39 is 0 Å². The summed E-state index contributed by atoms with van der Waals surface area (Å²) in [6.07, 6.45) is 0. The quantitative estimate of drug-likeness (QED) is 0.694. The van der Waals surface area contributed by atoms with Crippen molar-refractivity contribution in [3.63, 3.8) is 0 Å². The van der Waals surface area contributed by atoms with Gasteiger partial charge >= 0.3 is 0 Å². The number of imide groups is 1. The average Bonchev–Trinajstić information content (AvgIpc) is 2.46. The lowest BCUT2D eigenvalue weighted by atomic mass is 10.1. The summed E-state index contributed by atoms with van der Waals surface area (Å²) >= 11 is 0. The molecule has 0 unspecified atom stereocenters. The van der Waals surface area contributed by atoms with Crippen LogP contribution in [0.1, 0.15) is 25.0 Å². The maximum atomic E-state index is 12.1. The molecule has 0 fully saturated rings. The molecule has 1 aliphatic heterocycles. The largest absolute Gasteiger partial charge is 0.269 e. The standard InChI is InChI=1S/C14H15NO2/c1-8-6-5-7-9(2)12(8)15-13(16)10(3)11(4)14(15)17/h5-7H,1-4H3. The molecule has 0 atom stereocenters. The van der Waals surface area contributed by atoms with E-state index in [0.717, 1.165) is 16.8 Å². The van der Waals surface area contributed by atoms with Crippen molar-refractivity contribution in [3.8, 4) is 0 Å². The molecule has 1 aromatic carbocycles. The molecule has 1 aliphatic rings. The molecule has 0 spiro atoms. The van der Waals surface area contributed by atoms with Gasteiger partial charge in [-0.05, 0) is 38.8 Å². The number of hydrogen-bond donors (Lipinski definition) is 0. The molecule has 3 nitrogen and oxygen atoms in total. The Hall–Kier alpha value is -1.90. The maximum Gasteiger partial charge on any atom is 0.261 e. The number of amides is 2. The molecule has 17 heavy (non-hydrogen) atoms. The van der Waals surface area contributed by atoms with Crippen LogP contribution in [0.25, 0.3) is 0 Å². The third-order valence-electron chi connectivity index (χ3n) is 3.27. The molecule has 2 amide bonds. The van der Waals surface area contributed by atoms with E-state index in [0.29, 0.717) is 11.1 Å². The summed E-state index contributed by atoms with van der Waals surface area (Å²) < 4.78 is 0. The lowest BCUT2D eigenvalue weighted by Crippen LogP contribution is -2.32. The van der Waals surface area contributed by atoms with E-state index in [1.807, 2.05) is 32.0 Å². The number of aryl methyl sites for hydroxylation is 2. The average molecular weight is 229 g/mol. The van der Waals surface area contributed by atoms with E-state index in [1.165, 1.54) is 4.90 Å². The van der Waals surface area contributed by atoms with E-state index in [-0.39, 0.29) is 11.8 Å². The Kier molecular flexibility index (Phi) is 2.62. The lowest BCUT2D eigenvalue weighted by molar-refractivity contribution is -0.120. The smallest absolute Gasteiger partial charge is 0.261 e. The monoisotopic (exact) mass is 229 g/mol. The minimum absolute atomic E-state index is 0.204. The first kappa shape index (κ1) is 11.6. The van der Waals surface area contributed by atoms with Gasteiger partial charge in [-0.25, -0.2) is 4.90 Å². The van der Waals surface area contributed by atoms with Crippen LogP contribution < -0.4 is 4.90 Å². The van der Waals surface area contributed by atoms with E-state index in [1.54, 1.807) is 13.8 Å². The molecule has 1 heterocycles. The molecule has 0 aromatic heterocycles. The minimum atomic E-state index is -0.204. The van der Waals surface area contributed by atoms with Crippen molar-refractivity contribution in [1.82, 2.24) is 0 Å². The topological polar surface area (TPSA) is 37.4 Å². The van der Waals surface area contributed by atoms with Crippen LogP contribution in [0, 0.1) is 13.8 Å². The van der Waals surface area contributed by atoms with Crippen molar-refractivity contribution in [3.05, 3.63) is 40.5 Å². The van der Waals surface area contributed by atoms with Gasteiger partial charge in [0.25, 0.3) is 11.8 Å². The number of anilines is 1. The second-order valence-electron chi connectivity index (χ2n) is 4.44. The molecule has 0 saturated carbocycles. The number of para-hydroxylation sites is 1. The van der Waals surface area contributed by atoms with Crippen molar-refractivity contribution in [2.45, 2.75) is 27.7 Å². The number of benzene rings is 1. The minimum Gasteiger partial charge on any atom is -0.269 e. The fourth-order valence-corrected chi connectivity index (χ4v) is 2.11. The number of carbonyl (C=O) groups excluding carboxylic acids is 2. The first-order valence-corrected chi connectivity index (χ1v) is 5.57. The van der Waals surface area contributed by atoms with Crippen LogP contribution >= 0.6 is 0 Å². The molecule has 0 radical (unpaired) electrons. The Balaban J connectivity index is 2.58. The molecule has 2 rings (SSSR count). The highest BCUT2D eigenvalue weighted by atomic mass is 16.2. The fourth-order valence-electron chi connectivity index (χ4n) is 2.11. The van der Waals surface area contributed by atoms with Crippen molar-refractivity contribution >= 4 is 17.5 Å². The summed E-state index contributed by atoms with van der Waals surface area (Å²) in [5, 5.41) is 0. The fraction of sp³-hybridized carbons (Fsp3) is 0.286. The normalized spacial score (nSPS) is 16.1. The Bertz CT molecular complexity index is 511. The number of carbonyl (C=O) groups is 2. The van der Waals surface area contributed by atoms with E-state index in [4.69, 9.17) is 0 Å². The number of rotatable bonds is 1. The highest BCUT2D eigenvalue weighted by Crippen LogP contribution is 2.31. The van der Waals surface area contributed by atoms with Gasteiger partial charge in [-0.3, -0.25) is 9.59 Å². The van der Waals surface area contributed by atoms with E-state index in [2.05, 4.69) is 0 Å². The van der Waals surface area contributed by atoms with Crippen LogP contribution in [0.3, 0.4) is 0 Å². The van der Waals surface area contributed by atoms with Gasteiger partial charge in [0.2, 0.25) is 0 Å². The summed E-state index contributed by atoms with van der Waals surface area (Å²) in [6, 6.07) is 5.74. The summed E-state index contributed by atoms with van der Waals surface area (Å²) in [5.41, 5.74) is 3.68. The van der Waals surface area contributed by atoms with Gasteiger partial charge in [0.05, 0.1) is 5.69 Å². The summed E-state index contributed by atoms with van der Waals surface area (Å²) in [4.78, 5) is 25.4. The molecule has 1 aromatic rings. The molecule has 88 valence electrons. The predicted molar refractivity (Wildman–Crippen MR) is 66.8 cm³/mol. The Morgan fingerprint density at radius 2 is 1.24 bits per heavy atom. The first-order chi connectivity index (χ1) is 7.95. The zero-order chi connectivity index (χ0) is 12.7. The maximum absolute atomic E-state index is 12.1. The van der Waals surface area contributed by atoms with Crippen LogP contribution in [0.15, 0.2) is 29.3 Å². The van der Waals surface area contributed by atoms with Gasteiger partial charge in [-0.1, -0.05) is 18.2 Å². The first-order valence-electron chi connectivity index (χ1n) is 5.57. The van der Waals surface area contributed by atoms with Crippen LogP contribution in [-0.2, 0) is 9.59 Å². The second-order valence-corrected chi connectivity index (χ2v) is 4.44. The van der Waals surface area contributed by atoms with Gasteiger partial charge in [-0.2, -0.15) is 0 Å². The molecule has 0 saturated heterocycles. The third kappa shape index (κ3) is 1.58. The number of hydrogen-bond acceptors (Lipinski definition) is 2. The molecule has 0 aliphatic carbocycles. The summed E-state index contributed by atoms with van der Waals surface area (Å²) in [5.74, 6) is -0.408. The molecular formula is C14H15NO2. The lowest BCUT2D eigenvalue weighted by Gasteiger charge is -2.19. The third-order valence-corrected chi connectivity index (χ3v) is 3.27. The predicted octanol–water partition coefficient (Wildman–Crippen LogP) is 2.51. The molecule has 0 N–H and O–H groups in total. The summed E-state index contributed by atoms with van der Waals surface area (Å²) in [7, 11) is 0. The zero-order valence-electron chi connectivity index (χ0n) is 10.5. The van der Waals surface area contributed by atoms with Gasteiger partial charge in [0.1, 0.15) is 0 Å². The highest BCUT2D eigenvalue weighted by Gasteiger charge is 2.35. The van der Waals surface area contributed by atoms with E-state index >= 15 is 0 Å². The number of nitrogens with zero attached hydrogens (tertiary/aromatic N) is 1. The summed E-state index contributed by atoms with van der Waals surface area (Å²) in [6.45, 7) is 7.21. The second kappa shape index (κ2) is 3.84. The van der Waals surface area contributed by atoms with Gasteiger partial charge < -0.3 is 0 Å².